The summed E-state index contributed by atoms with van der Waals surface area (Å²) < 4.78 is 31.8. The van der Waals surface area contributed by atoms with Gasteiger partial charge >= 0.3 is 0 Å². The second-order valence-corrected chi connectivity index (χ2v) is 9.52. The summed E-state index contributed by atoms with van der Waals surface area (Å²) in [5, 5.41) is 16.1. The first kappa shape index (κ1) is 22.6. The fraction of sp³-hybridized carbons (Fsp3) is 0.400. The van der Waals surface area contributed by atoms with E-state index in [1.807, 2.05) is 30.3 Å². The molecular formula is C25H26F2N8O. The molecule has 36 heavy (non-hydrogen) atoms. The third-order valence-corrected chi connectivity index (χ3v) is 7.44. The predicted octanol–water partition coefficient (Wildman–Crippen LogP) is 3.50. The third-order valence-electron chi connectivity index (χ3n) is 7.44. The van der Waals surface area contributed by atoms with Gasteiger partial charge in [0.1, 0.15) is 11.6 Å². The van der Waals surface area contributed by atoms with Crippen LogP contribution < -0.4 is 4.90 Å². The zero-order valence-corrected chi connectivity index (χ0v) is 19.9. The first-order chi connectivity index (χ1) is 17.5. The summed E-state index contributed by atoms with van der Waals surface area (Å²) in [5.74, 6) is 0.148. The number of anilines is 1. The highest BCUT2D eigenvalue weighted by atomic mass is 19.1. The Morgan fingerprint density at radius 2 is 1.89 bits per heavy atom. The number of aromatic nitrogens is 6. The van der Waals surface area contributed by atoms with Gasteiger partial charge in [-0.2, -0.15) is 5.10 Å². The van der Waals surface area contributed by atoms with Crippen LogP contribution in [0.25, 0.3) is 5.52 Å². The zero-order chi connectivity index (χ0) is 24.8. The van der Waals surface area contributed by atoms with Crippen LogP contribution in [0.15, 0.2) is 42.7 Å². The molecule has 6 rings (SSSR count). The summed E-state index contributed by atoms with van der Waals surface area (Å²) in [7, 11) is 1.83. The van der Waals surface area contributed by atoms with Crippen molar-refractivity contribution in [2.24, 2.45) is 7.05 Å². The largest absolute Gasteiger partial charge is 0.364 e. The predicted molar refractivity (Wildman–Crippen MR) is 128 cm³/mol. The van der Waals surface area contributed by atoms with E-state index in [1.165, 1.54) is 12.1 Å². The van der Waals surface area contributed by atoms with Crippen molar-refractivity contribution in [1.82, 2.24) is 34.7 Å². The highest BCUT2D eigenvalue weighted by Gasteiger charge is 2.31. The van der Waals surface area contributed by atoms with E-state index in [-0.39, 0.29) is 17.9 Å². The summed E-state index contributed by atoms with van der Waals surface area (Å²) in [6.45, 7) is 1.94. The van der Waals surface area contributed by atoms with E-state index in [1.54, 1.807) is 15.4 Å². The Bertz CT molecular complexity index is 1420. The molecule has 2 aliphatic heterocycles. The molecular weight excluding hydrogens is 466 g/mol. The van der Waals surface area contributed by atoms with Crippen molar-refractivity contribution in [3.8, 4) is 0 Å². The number of carbonyl (C=O) groups is 1. The molecule has 4 aromatic rings. The lowest BCUT2D eigenvalue weighted by atomic mass is 9.95. The Hall–Kier alpha value is -3.89. The van der Waals surface area contributed by atoms with Crippen molar-refractivity contribution in [1.29, 1.82) is 0 Å². The smallest absolute Gasteiger partial charge is 0.257 e. The third kappa shape index (κ3) is 3.88. The van der Waals surface area contributed by atoms with Crippen molar-refractivity contribution in [3.05, 3.63) is 71.3 Å². The number of benzene rings is 1. The van der Waals surface area contributed by atoms with Crippen molar-refractivity contribution >= 4 is 17.1 Å². The van der Waals surface area contributed by atoms with Gasteiger partial charge in [0, 0.05) is 50.0 Å². The number of nitrogens with zero attached hydrogens (tertiary/aromatic N) is 8. The molecule has 0 radical (unpaired) electrons. The average molecular weight is 493 g/mol. The van der Waals surface area contributed by atoms with Crippen LogP contribution >= 0.6 is 0 Å². The maximum absolute atomic E-state index is 14.6. The summed E-state index contributed by atoms with van der Waals surface area (Å²) >= 11 is 0. The number of pyridine rings is 1. The van der Waals surface area contributed by atoms with Crippen LogP contribution in [-0.4, -0.2) is 60.3 Å². The molecule has 11 heteroatoms. The number of piperidine rings is 1. The number of hydrogen-bond donors (Lipinski definition) is 0. The van der Waals surface area contributed by atoms with Crippen LogP contribution in [0.4, 0.5) is 14.5 Å². The molecule has 2 fully saturated rings. The fourth-order valence-corrected chi connectivity index (χ4v) is 5.58. The van der Waals surface area contributed by atoms with E-state index in [0.717, 1.165) is 49.8 Å². The maximum atomic E-state index is 14.6. The van der Waals surface area contributed by atoms with Gasteiger partial charge in [-0.05, 0) is 66.4 Å². The lowest BCUT2D eigenvalue weighted by Gasteiger charge is -2.31. The van der Waals surface area contributed by atoms with E-state index in [4.69, 9.17) is 0 Å². The molecule has 2 saturated heterocycles. The number of amides is 1. The van der Waals surface area contributed by atoms with Crippen LogP contribution in [0.2, 0.25) is 0 Å². The number of likely N-dealkylation sites (tertiary alicyclic amines) is 1. The van der Waals surface area contributed by atoms with Gasteiger partial charge in [0.2, 0.25) is 0 Å². The number of halogens is 2. The molecule has 0 spiro atoms. The van der Waals surface area contributed by atoms with Crippen LogP contribution in [0.1, 0.15) is 59.4 Å². The number of rotatable bonds is 4. The second kappa shape index (κ2) is 8.96. The lowest BCUT2D eigenvalue weighted by molar-refractivity contribution is 0.0712. The number of aryl methyl sites for hydroxylation is 1. The molecule has 0 unspecified atom stereocenters. The Labute approximate surface area is 206 Å². The molecule has 2 aliphatic rings. The summed E-state index contributed by atoms with van der Waals surface area (Å²) in [4.78, 5) is 17.4. The van der Waals surface area contributed by atoms with E-state index >= 15 is 0 Å². The first-order valence-electron chi connectivity index (χ1n) is 12.2. The van der Waals surface area contributed by atoms with Crippen molar-refractivity contribution in [2.45, 2.75) is 37.6 Å². The summed E-state index contributed by atoms with van der Waals surface area (Å²) in [6.07, 6.45) is 6.59. The second-order valence-electron chi connectivity index (χ2n) is 9.52. The molecule has 0 N–H and O–H groups in total. The van der Waals surface area contributed by atoms with E-state index < -0.39 is 11.6 Å². The van der Waals surface area contributed by atoms with Gasteiger partial charge < -0.3 is 9.80 Å². The minimum Gasteiger partial charge on any atom is -0.364 e. The van der Waals surface area contributed by atoms with Gasteiger partial charge in [-0.15, -0.1) is 5.10 Å². The Morgan fingerprint density at radius 3 is 2.67 bits per heavy atom. The fourth-order valence-electron chi connectivity index (χ4n) is 5.58. The topological polar surface area (TPSA) is 84.5 Å². The number of tetrazole rings is 1. The van der Waals surface area contributed by atoms with E-state index in [2.05, 4.69) is 25.5 Å². The molecule has 1 aromatic carbocycles. The van der Waals surface area contributed by atoms with Gasteiger partial charge in [0.15, 0.2) is 5.82 Å². The number of carbonyl (C=O) groups excluding carboxylic acids is 1. The van der Waals surface area contributed by atoms with Crippen molar-refractivity contribution in [3.63, 3.8) is 0 Å². The normalized spacial score (nSPS) is 18.9. The number of hydrogen-bond acceptors (Lipinski definition) is 6. The highest BCUT2D eigenvalue weighted by Crippen LogP contribution is 2.38. The van der Waals surface area contributed by atoms with E-state index in [0.29, 0.717) is 29.7 Å². The monoisotopic (exact) mass is 492 g/mol. The van der Waals surface area contributed by atoms with Crippen molar-refractivity contribution in [2.75, 3.05) is 24.5 Å². The summed E-state index contributed by atoms with van der Waals surface area (Å²) in [5.41, 5.74) is 2.45. The molecule has 0 saturated carbocycles. The summed E-state index contributed by atoms with van der Waals surface area (Å²) in [6, 6.07) is 7.17. The Kier molecular flexibility index (Phi) is 5.62. The van der Waals surface area contributed by atoms with E-state index in [9.17, 15) is 13.6 Å². The Balaban J connectivity index is 1.24. The number of fused-ring (bicyclic) bond motifs is 1. The van der Waals surface area contributed by atoms with Gasteiger partial charge in [-0.1, -0.05) is 0 Å². The average Bonchev–Trinajstić information content (AvgIpc) is 3.64. The molecule has 186 valence electrons. The van der Waals surface area contributed by atoms with Crippen LogP contribution in [0.3, 0.4) is 0 Å². The van der Waals surface area contributed by atoms with Crippen LogP contribution in [-0.2, 0) is 7.05 Å². The van der Waals surface area contributed by atoms with Gasteiger partial charge in [0.05, 0.1) is 23.3 Å². The van der Waals surface area contributed by atoms with Gasteiger partial charge in [-0.25, -0.2) is 18.0 Å². The lowest BCUT2D eigenvalue weighted by Crippen LogP contribution is -2.38. The SMILES string of the molecule is Cn1nnnc1C1CCN(C(=O)c2cnn3ccc(N4CCC[C@@H]4c4cc(F)ccc4F)cc23)CC1. The van der Waals surface area contributed by atoms with Crippen LogP contribution in [0.5, 0.6) is 0 Å². The molecule has 1 amide bonds. The highest BCUT2D eigenvalue weighted by molar-refractivity contribution is 6.01. The molecule has 0 aliphatic carbocycles. The zero-order valence-electron chi connectivity index (χ0n) is 19.9. The quantitative estimate of drug-likeness (QED) is 0.434. The molecule has 0 bridgehead atoms. The first-order valence-corrected chi connectivity index (χ1v) is 12.2. The standard InChI is InChI=1S/C25H26F2N8O/c1-32-24(29-30-31-32)16-6-10-33(11-7-16)25(36)20-15-28-35-12-8-18(14-23(20)35)34-9-2-3-22(34)19-13-17(26)4-5-21(19)27/h4-5,8,12-16,22H,2-3,6-7,9-11H2,1H3/t22-/m1/s1. The molecule has 9 nitrogen and oxygen atoms in total. The van der Waals surface area contributed by atoms with Crippen LogP contribution in [0, 0.1) is 11.6 Å². The minimum absolute atomic E-state index is 0.0640. The molecule has 5 heterocycles. The minimum atomic E-state index is -0.448. The van der Waals surface area contributed by atoms with Gasteiger partial charge in [-0.3, -0.25) is 4.79 Å². The molecule has 3 aromatic heterocycles. The maximum Gasteiger partial charge on any atom is 0.257 e. The van der Waals surface area contributed by atoms with Crippen molar-refractivity contribution < 1.29 is 13.6 Å². The molecule has 1 atom stereocenters. The Morgan fingerprint density at radius 1 is 1.06 bits per heavy atom. The van der Waals surface area contributed by atoms with Gasteiger partial charge in [0.25, 0.3) is 5.91 Å².